The van der Waals surface area contributed by atoms with E-state index in [4.69, 9.17) is 10.5 Å². The van der Waals surface area contributed by atoms with Gasteiger partial charge < -0.3 is 30.2 Å². The zero-order valence-electron chi connectivity index (χ0n) is 22.8. The Kier molecular flexibility index (Phi) is 12.2. The molecule has 39 heavy (non-hydrogen) atoms. The molecule has 2 rings (SSSR count). The van der Waals surface area contributed by atoms with Crippen LogP contribution in [-0.2, 0) is 33.4 Å². The lowest BCUT2D eigenvalue weighted by Gasteiger charge is -2.33. The van der Waals surface area contributed by atoms with Crippen molar-refractivity contribution in [2.24, 2.45) is 11.7 Å². The Hall–Kier alpha value is -3.19. The molecule has 0 saturated carbocycles. The molecule has 1 saturated heterocycles. The summed E-state index contributed by atoms with van der Waals surface area (Å²) in [4.78, 5) is 49.8. The van der Waals surface area contributed by atoms with Crippen LogP contribution in [0.1, 0.15) is 59.3 Å². The van der Waals surface area contributed by atoms with Gasteiger partial charge in [0.2, 0.25) is 11.8 Å². The molecule has 1 aliphatic rings. The first-order chi connectivity index (χ1) is 18.2. The molecule has 0 aliphatic carbocycles. The number of carbonyl (C=O) groups is 4. The monoisotopic (exact) mass is 568 g/mol. The number of nitrogens with two attached hydrogens (primary N) is 1. The highest BCUT2D eigenvalue weighted by molar-refractivity contribution is 7.87. The van der Waals surface area contributed by atoms with E-state index in [1.807, 2.05) is 20.8 Å². The van der Waals surface area contributed by atoms with Gasteiger partial charge in [-0.05, 0) is 58.1 Å². The van der Waals surface area contributed by atoms with Gasteiger partial charge in [0.1, 0.15) is 10.5 Å². The van der Waals surface area contributed by atoms with Crippen molar-refractivity contribution in [1.29, 1.82) is 0 Å². The molecule has 1 fully saturated rings. The first kappa shape index (κ1) is 32.0. The molecule has 0 spiro atoms. The fourth-order valence-corrected chi connectivity index (χ4v) is 4.78. The van der Waals surface area contributed by atoms with Crippen LogP contribution in [-0.4, -0.2) is 75.0 Å². The third-order valence-electron chi connectivity index (χ3n) is 5.94. The molecule has 4 N–H and O–H groups in total. The standard InChI is InChI=1S/C26H40N4O8S/c1-26(2,3)37-25(34)30-15-12-19(13-16-30)9-10-22(31)28-14-11-23(32)29-18-20(27)17-24(33)38-39(35,36)21-7-5-4-6-8-21/h4-8,19-20H,9-18,27H2,1-3H3,(H,28,31)(H,29,32). The van der Waals surface area contributed by atoms with E-state index in [9.17, 15) is 27.6 Å². The number of carbonyl (C=O) groups excluding carboxylic acids is 4. The quantitative estimate of drug-likeness (QED) is 0.317. The summed E-state index contributed by atoms with van der Waals surface area (Å²) in [6.45, 7) is 6.78. The molecule has 12 nitrogen and oxygen atoms in total. The molecule has 1 atom stereocenters. The number of likely N-dealkylation sites (tertiary alicyclic amines) is 1. The smallest absolute Gasteiger partial charge is 0.410 e. The highest BCUT2D eigenvalue weighted by atomic mass is 32.2. The van der Waals surface area contributed by atoms with Gasteiger partial charge >= 0.3 is 22.2 Å². The van der Waals surface area contributed by atoms with Crippen LogP contribution in [0.3, 0.4) is 0 Å². The third kappa shape index (κ3) is 12.5. The number of benzene rings is 1. The van der Waals surface area contributed by atoms with Gasteiger partial charge in [-0.1, -0.05) is 18.2 Å². The molecule has 13 heteroatoms. The highest BCUT2D eigenvalue weighted by Gasteiger charge is 2.27. The van der Waals surface area contributed by atoms with Crippen molar-refractivity contribution in [3.63, 3.8) is 0 Å². The van der Waals surface area contributed by atoms with Crippen LogP contribution >= 0.6 is 0 Å². The lowest BCUT2D eigenvalue weighted by molar-refractivity contribution is -0.134. The maximum absolute atomic E-state index is 12.2. The van der Waals surface area contributed by atoms with Crippen molar-refractivity contribution in [3.8, 4) is 0 Å². The zero-order chi connectivity index (χ0) is 29.1. The number of piperidine rings is 1. The maximum Gasteiger partial charge on any atom is 0.410 e. The van der Waals surface area contributed by atoms with Gasteiger partial charge in [0, 0.05) is 45.1 Å². The topological polar surface area (TPSA) is 174 Å². The summed E-state index contributed by atoms with van der Waals surface area (Å²) < 4.78 is 34.1. The molecule has 1 unspecified atom stereocenters. The summed E-state index contributed by atoms with van der Waals surface area (Å²) in [5.74, 6) is -1.21. The first-order valence-corrected chi connectivity index (χ1v) is 14.5. The van der Waals surface area contributed by atoms with Crippen molar-refractivity contribution in [2.45, 2.75) is 75.8 Å². The number of rotatable bonds is 12. The van der Waals surface area contributed by atoms with Crippen LogP contribution in [0, 0.1) is 5.92 Å². The fraction of sp³-hybridized carbons (Fsp3) is 0.615. The van der Waals surface area contributed by atoms with Crippen LogP contribution in [0.2, 0.25) is 0 Å². The lowest BCUT2D eigenvalue weighted by atomic mass is 9.92. The SMILES string of the molecule is CC(C)(C)OC(=O)N1CCC(CCC(=O)NCCC(=O)NCC(N)CC(=O)OS(=O)(=O)c2ccccc2)CC1. The Labute approximate surface area is 230 Å². The summed E-state index contributed by atoms with van der Waals surface area (Å²) in [6.07, 6.45) is 1.96. The molecule has 218 valence electrons. The van der Waals surface area contributed by atoms with Crippen LogP contribution in [0.15, 0.2) is 35.2 Å². The minimum absolute atomic E-state index is 0.0274. The predicted octanol–water partition coefficient (Wildman–Crippen LogP) is 1.69. The van der Waals surface area contributed by atoms with E-state index >= 15 is 0 Å². The van der Waals surface area contributed by atoms with Gasteiger partial charge in [0.25, 0.3) is 0 Å². The van der Waals surface area contributed by atoms with Crippen molar-refractivity contribution >= 4 is 34.0 Å². The molecule has 0 bridgehead atoms. The summed E-state index contributed by atoms with van der Waals surface area (Å²) in [5, 5.41) is 5.26. The Morgan fingerprint density at radius 2 is 1.64 bits per heavy atom. The van der Waals surface area contributed by atoms with E-state index in [0.29, 0.717) is 31.8 Å². The van der Waals surface area contributed by atoms with Crippen LogP contribution in [0.4, 0.5) is 4.79 Å². The van der Waals surface area contributed by atoms with E-state index in [1.165, 1.54) is 24.3 Å². The minimum atomic E-state index is -4.23. The number of hydrogen-bond donors (Lipinski definition) is 3. The van der Waals surface area contributed by atoms with Crippen LogP contribution in [0.5, 0.6) is 0 Å². The Balaban J connectivity index is 1.56. The normalized spacial score (nSPS) is 15.2. The summed E-state index contributed by atoms with van der Waals surface area (Å²) >= 11 is 0. The van der Waals surface area contributed by atoms with Gasteiger partial charge in [-0.15, -0.1) is 0 Å². The largest absolute Gasteiger partial charge is 0.444 e. The summed E-state index contributed by atoms with van der Waals surface area (Å²) in [7, 11) is -4.23. The minimum Gasteiger partial charge on any atom is -0.444 e. The Morgan fingerprint density at radius 1 is 1.03 bits per heavy atom. The van der Waals surface area contributed by atoms with E-state index < -0.39 is 34.2 Å². The molecule has 1 heterocycles. The molecular formula is C26H40N4O8S. The lowest BCUT2D eigenvalue weighted by Crippen LogP contribution is -2.42. The average Bonchev–Trinajstić information content (AvgIpc) is 2.85. The number of hydrogen-bond acceptors (Lipinski definition) is 9. The third-order valence-corrected chi connectivity index (χ3v) is 7.20. The fourth-order valence-electron chi connectivity index (χ4n) is 3.88. The van der Waals surface area contributed by atoms with E-state index in [-0.39, 0.29) is 42.3 Å². The number of ether oxygens (including phenoxy) is 1. The van der Waals surface area contributed by atoms with Gasteiger partial charge in [-0.3, -0.25) is 14.4 Å². The molecule has 1 aliphatic heterocycles. The molecule has 3 amide bonds. The molecule has 0 radical (unpaired) electrons. The Bertz CT molecular complexity index is 1080. The summed E-state index contributed by atoms with van der Waals surface area (Å²) in [5.41, 5.74) is 5.28. The van der Waals surface area contributed by atoms with Gasteiger partial charge in [-0.25, -0.2) is 4.79 Å². The van der Waals surface area contributed by atoms with Crippen molar-refractivity contribution < 1.29 is 36.5 Å². The van der Waals surface area contributed by atoms with Crippen molar-refractivity contribution in [3.05, 3.63) is 30.3 Å². The van der Waals surface area contributed by atoms with Gasteiger partial charge in [-0.2, -0.15) is 8.42 Å². The predicted molar refractivity (Wildman–Crippen MR) is 143 cm³/mol. The van der Waals surface area contributed by atoms with E-state index in [2.05, 4.69) is 14.8 Å². The first-order valence-electron chi connectivity index (χ1n) is 13.0. The van der Waals surface area contributed by atoms with Crippen molar-refractivity contribution in [1.82, 2.24) is 15.5 Å². The highest BCUT2D eigenvalue weighted by Crippen LogP contribution is 2.23. The molecule has 0 aromatic heterocycles. The number of nitrogens with zero attached hydrogens (tertiary/aromatic N) is 1. The zero-order valence-corrected chi connectivity index (χ0v) is 23.6. The molecule has 1 aromatic rings. The summed E-state index contributed by atoms with van der Waals surface area (Å²) in [6, 6.07) is 6.40. The average molecular weight is 569 g/mol. The number of nitrogens with one attached hydrogen (secondary N) is 2. The second kappa shape index (κ2) is 14.8. The second-order valence-corrected chi connectivity index (χ2v) is 12.1. The van der Waals surface area contributed by atoms with Crippen molar-refractivity contribution in [2.75, 3.05) is 26.2 Å². The second-order valence-electron chi connectivity index (χ2n) is 10.5. The molecule has 1 aromatic carbocycles. The maximum atomic E-state index is 12.2. The molecular weight excluding hydrogens is 528 g/mol. The van der Waals surface area contributed by atoms with E-state index in [0.717, 1.165) is 12.8 Å². The van der Waals surface area contributed by atoms with Gasteiger partial charge in [0.05, 0.1) is 6.42 Å². The van der Waals surface area contributed by atoms with E-state index in [1.54, 1.807) is 11.0 Å². The number of amides is 3. The van der Waals surface area contributed by atoms with Crippen LogP contribution in [0.25, 0.3) is 0 Å². The Morgan fingerprint density at radius 3 is 2.26 bits per heavy atom. The van der Waals surface area contributed by atoms with Gasteiger partial charge in [0.15, 0.2) is 0 Å². The van der Waals surface area contributed by atoms with Crippen LogP contribution < -0.4 is 16.4 Å².